The Bertz CT molecular complexity index is 85.7. The molecule has 0 aliphatic heterocycles. The third-order valence-corrected chi connectivity index (χ3v) is 3.81. The van der Waals surface area contributed by atoms with E-state index < -0.39 is 8.72 Å². The van der Waals surface area contributed by atoms with Gasteiger partial charge in [0, 0.05) is 13.2 Å². The van der Waals surface area contributed by atoms with Crippen molar-refractivity contribution < 1.29 is 8.85 Å². The first kappa shape index (κ1) is 10.1. The second-order valence-electron chi connectivity index (χ2n) is 2.08. The molecule has 62 valence electrons. The zero-order valence-electron chi connectivity index (χ0n) is 6.59. The number of hydrogen-bond donors (Lipinski definition) is 2. The normalized spacial score (nSPS) is 16.8. The highest BCUT2D eigenvalue weighted by molar-refractivity contribution is 6.63. The Labute approximate surface area is 62.8 Å². The molecule has 10 heavy (non-hydrogen) atoms. The Morgan fingerprint density at radius 1 is 1.50 bits per heavy atom. The van der Waals surface area contributed by atoms with Crippen LogP contribution in [0.25, 0.3) is 0 Å². The van der Waals surface area contributed by atoms with Crippen LogP contribution in [0.1, 0.15) is 13.3 Å². The third kappa shape index (κ3) is 3.28. The van der Waals surface area contributed by atoms with Crippen molar-refractivity contribution in [2.45, 2.75) is 19.4 Å². The molecule has 0 bridgehead atoms. The average molecular weight is 164 g/mol. The zero-order chi connectivity index (χ0) is 8.04. The molecule has 0 spiro atoms. The lowest BCUT2D eigenvalue weighted by Crippen LogP contribution is -2.52. The van der Waals surface area contributed by atoms with Gasteiger partial charge in [0.25, 0.3) is 0 Å². The molecule has 0 aromatic rings. The first-order valence-electron chi connectivity index (χ1n) is 3.36. The number of hydrogen-bond acceptors (Lipinski definition) is 4. The molecule has 0 aliphatic carbocycles. The van der Waals surface area contributed by atoms with Crippen LogP contribution in [0.5, 0.6) is 0 Å². The van der Waals surface area contributed by atoms with E-state index in [4.69, 9.17) is 20.0 Å². The summed E-state index contributed by atoms with van der Waals surface area (Å²) >= 11 is 0. The number of nitrogens with two attached hydrogens (primary N) is 2. The van der Waals surface area contributed by atoms with E-state index in [1.807, 2.05) is 6.92 Å². The van der Waals surface area contributed by atoms with Crippen molar-refractivity contribution in [1.29, 1.82) is 0 Å². The highest BCUT2D eigenvalue weighted by Gasteiger charge is 2.30. The Balaban J connectivity index is 3.69. The summed E-state index contributed by atoms with van der Waals surface area (Å²) in [6, 6.07) is 0.792. The van der Waals surface area contributed by atoms with Gasteiger partial charge in [-0.1, -0.05) is 13.3 Å². The summed E-state index contributed by atoms with van der Waals surface area (Å²) < 4.78 is 10.1. The smallest absolute Gasteiger partial charge is 0.386 e. The van der Waals surface area contributed by atoms with E-state index in [9.17, 15) is 0 Å². The summed E-state index contributed by atoms with van der Waals surface area (Å²) in [5, 5.41) is 5.73. The fourth-order valence-corrected chi connectivity index (χ4v) is 2.17. The molecule has 4 nitrogen and oxygen atoms in total. The second-order valence-corrected chi connectivity index (χ2v) is 4.90. The van der Waals surface area contributed by atoms with Crippen LogP contribution < -0.4 is 11.1 Å². The van der Waals surface area contributed by atoms with Crippen LogP contribution in [0.4, 0.5) is 0 Å². The molecule has 0 saturated heterocycles. The predicted octanol–water partition coefficient (Wildman–Crippen LogP) is -0.127. The van der Waals surface area contributed by atoms with Gasteiger partial charge in [-0.25, -0.2) is 0 Å². The maximum atomic E-state index is 5.73. The van der Waals surface area contributed by atoms with Gasteiger partial charge in [-0.3, -0.25) is 0 Å². The number of rotatable bonds is 5. The predicted molar refractivity (Wildman–Crippen MR) is 42.2 cm³/mol. The summed E-state index contributed by atoms with van der Waals surface area (Å²) in [7, 11) is -0.781. The average Bonchev–Trinajstić information content (AvgIpc) is 1.89. The third-order valence-electron chi connectivity index (χ3n) is 1.27. The minimum Gasteiger partial charge on any atom is -0.386 e. The topological polar surface area (TPSA) is 70.5 Å². The van der Waals surface area contributed by atoms with Crippen molar-refractivity contribution in [3.05, 3.63) is 0 Å². The van der Waals surface area contributed by atoms with Gasteiger partial charge >= 0.3 is 8.72 Å². The van der Waals surface area contributed by atoms with Crippen LogP contribution in [0.15, 0.2) is 0 Å². The molecule has 0 aromatic heterocycles. The van der Waals surface area contributed by atoms with Crippen molar-refractivity contribution in [2.75, 3.05) is 13.8 Å². The van der Waals surface area contributed by atoms with Gasteiger partial charge in [0.1, 0.15) is 0 Å². The quantitative estimate of drug-likeness (QED) is 0.439. The molecular formula is C5H16N2O2Si. The molecule has 1 atom stereocenters. The molecule has 0 rings (SSSR count). The fourth-order valence-electron chi connectivity index (χ4n) is 0.723. The van der Waals surface area contributed by atoms with Crippen molar-refractivity contribution in [1.82, 2.24) is 0 Å². The van der Waals surface area contributed by atoms with Crippen LogP contribution in [-0.2, 0) is 8.85 Å². The molecule has 0 amide bonds. The molecule has 0 aliphatic rings. The maximum Gasteiger partial charge on any atom is 0.423 e. The largest absolute Gasteiger partial charge is 0.423 e. The SMILES string of the molecule is CCC[Si](N)(OC)OCN. The monoisotopic (exact) mass is 164 g/mol. The molecule has 5 heteroatoms. The minimum absolute atomic E-state index is 0.149. The maximum absolute atomic E-state index is 5.73. The van der Waals surface area contributed by atoms with E-state index in [-0.39, 0.29) is 6.73 Å². The summed E-state index contributed by atoms with van der Waals surface area (Å²) in [5.41, 5.74) is 5.17. The van der Waals surface area contributed by atoms with E-state index >= 15 is 0 Å². The summed E-state index contributed by atoms with van der Waals surface area (Å²) in [4.78, 5) is 0. The zero-order valence-corrected chi connectivity index (χ0v) is 7.59. The van der Waals surface area contributed by atoms with Crippen molar-refractivity contribution in [2.24, 2.45) is 11.1 Å². The molecule has 4 N–H and O–H groups in total. The van der Waals surface area contributed by atoms with Crippen molar-refractivity contribution in [3.63, 3.8) is 0 Å². The lowest BCUT2D eigenvalue weighted by molar-refractivity contribution is 0.204. The fraction of sp³-hybridized carbons (Fsp3) is 1.00. The standard InChI is InChI=1S/C5H16N2O2Si/c1-3-4-10(7,8-2)9-5-6/h3-7H2,1-2H3. The van der Waals surface area contributed by atoms with E-state index in [0.717, 1.165) is 12.5 Å². The van der Waals surface area contributed by atoms with Crippen molar-refractivity contribution in [3.8, 4) is 0 Å². The van der Waals surface area contributed by atoms with Gasteiger partial charge in [0.05, 0.1) is 6.73 Å². The molecular weight excluding hydrogens is 148 g/mol. The van der Waals surface area contributed by atoms with E-state index in [0.29, 0.717) is 0 Å². The highest BCUT2D eigenvalue weighted by atomic mass is 28.4. The molecule has 0 aromatic carbocycles. The Morgan fingerprint density at radius 3 is 2.40 bits per heavy atom. The van der Waals surface area contributed by atoms with Crippen molar-refractivity contribution >= 4 is 8.72 Å². The first-order chi connectivity index (χ1) is 4.68. The first-order valence-corrected chi connectivity index (χ1v) is 5.46. The summed E-state index contributed by atoms with van der Waals surface area (Å²) in [6.45, 7) is 2.18. The van der Waals surface area contributed by atoms with Gasteiger partial charge in [-0.15, -0.1) is 0 Å². The molecule has 0 radical (unpaired) electrons. The molecule has 0 saturated carbocycles. The summed E-state index contributed by atoms with van der Waals surface area (Å²) in [6.07, 6.45) is 0.969. The van der Waals surface area contributed by atoms with Gasteiger partial charge in [-0.2, -0.15) is 0 Å². The van der Waals surface area contributed by atoms with E-state index in [1.54, 1.807) is 7.11 Å². The van der Waals surface area contributed by atoms with Gasteiger partial charge in [0.15, 0.2) is 0 Å². The lowest BCUT2D eigenvalue weighted by Gasteiger charge is -2.21. The van der Waals surface area contributed by atoms with E-state index in [2.05, 4.69) is 0 Å². The molecule has 1 unspecified atom stereocenters. The molecule has 0 heterocycles. The van der Waals surface area contributed by atoms with Gasteiger partial charge in [0.2, 0.25) is 0 Å². The molecule has 0 fully saturated rings. The van der Waals surface area contributed by atoms with E-state index in [1.165, 1.54) is 0 Å². The Kier molecular flexibility index (Phi) is 4.84. The van der Waals surface area contributed by atoms with Crippen LogP contribution >= 0.6 is 0 Å². The Morgan fingerprint density at radius 2 is 2.10 bits per heavy atom. The van der Waals surface area contributed by atoms with Gasteiger partial charge in [-0.05, 0) is 0 Å². The lowest BCUT2D eigenvalue weighted by atomic mass is 10.6. The highest BCUT2D eigenvalue weighted by Crippen LogP contribution is 2.06. The minimum atomic E-state index is -2.35. The van der Waals surface area contributed by atoms with Gasteiger partial charge < -0.3 is 20.0 Å². The Hall–Kier alpha value is 0.0569. The van der Waals surface area contributed by atoms with Crippen LogP contribution in [0.2, 0.25) is 6.04 Å². The summed E-state index contributed by atoms with van der Waals surface area (Å²) in [5.74, 6) is 0. The van der Waals surface area contributed by atoms with Crippen LogP contribution in [0.3, 0.4) is 0 Å². The second kappa shape index (κ2) is 4.81. The van der Waals surface area contributed by atoms with Crippen LogP contribution in [0, 0.1) is 0 Å². The van der Waals surface area contributed by atoms with Crippen LogP contribution in [-0.4, -0.2) is 22.6 Å².